The van der Waals surface area contributed by atoms with Crippen LogP contribution >= 0.6 is 0 Å². The summed E-state index contributed by atoms with van der Waals surface area (Å²) >= 11 is 0. The number of hydrogen-bond acceptors (Lipinski definition) is 3. The average molecular weight is 670 g/mol. The molecular weight excluding hydrogens is 621 g/mol. The lowest BCUT2D eigenvalue weighted by Gasteiger charge is -2.51. The molecule has 2 heterocycles. The lowest BCUT2D eigenvalue weighted by Crippen LogP contribution is -2.63. The Morgan fingerprint density at radius 1 is 0.569 bits per heavy atom. The van der Waals surface area contributed by atoms with Gasteiger partial charge in [0, 0.05) is 33.9 Å². The Hall–Kier alpha value is -5.00. The third kappa shape index (κ3) is 6.18. The fourth-order valence-electron chi connectivity index (χ4n) is 8.28. The number of fused-ring (bicyclic) bond motifs is 3. The number of quaternary nitrogens is 1. The third-order valence-corrected chi connectivity index (χ3v) is 10.8. The Balaban J connectivity index is 1.39. The number of nitrogens with zero attached hydrogens (tertiary/aromatic N) is 1. The molecule has 2 aliphatic rings. The van der Waals surface area contributed by atoms with Crippen LogP contribution in [-0.4, -0.2) is 24.6 Å². The van der Waals surface area contributed by atoms with Crippen molar-refractivity contribution in [2.75, 3.05) is 14.1 Å². The molecule has 4 atom stereocenters. The second-order valence-electron chi connectivity index (χ2n) is 15.9. The quantitative estimate of drug-likeness (QED) is 0.126. The number of allylic oxidation sites excluding steroid dienone is 3. The monoisotopic (exact) mass is 669 g/mol. The van der Waals surface area contributed by atoms with Gasteiger partial charge < -0.3 is 5.32 Å². The van der Waals surface area contributed by atoms with Gasteiger partial charge in [0.05, 0.1) is 20.3 Å². The van der Waals surface area contributed by atoms with Crippen LogP contribution in [0.4, 0.5) is 0 Å². The van der Waals surface area contributed by atoms with Crippen molar-refractivity contribution in [2.45, 2.75) is 52.2 Å². The number of benzene rings is 6. The van der Waals surface area contributed by atoms with Gasteiger partial charge in [-0.05, 0) is 75.0 Å². The Morgan fingerprint density at radius 3 is 1.82 bits per heavy atom. The molecule has 0 saturated carbocycles. The van der Waals surface area contributed by atoms with Crippen molar-refractivity contribution in [2.24, 2.45) is 5.41 Å². The predicted molar refractivity (Wildman–Crippen MR) is 214 cm³/mol. The van der Waals surface area contributed by atoms with Crippen LogP contribution in [0.5, 0.6) is 0 Å². The molecular formula is C47H49N4+. The van der Waals surface area contributed by atoms with Crippen molar-refractivity contribution < 1.29 is 4.48 Å². The minimum atomic E-state index is -0.0562. The first-order chi connectivity index (χ1) is 24.6. The van der Waals surface area contributed by atoms with E-state index in [1.54, 1.807) is 0 Å². The van der Waals surface area contributed by atoms with Crippen LogP contribution in [0.25, 0.3) is 38.2 Å². The third-order valence-electron chi connectivity index (χ3n) is 10.8. The summed E-state index contributed by atoms with van der Waals surface area (Å²) in [6.45, 7) is 9.17. The van der Waals surface area contributed by atoms with E-state index in [2.05, 4.69) is 203 Å². The van der Waals surface area contributed by atoms with E-state index in [1.165, 1.54) is 66.2 Å². The summed E-state index contributed by atoms with van der Waals surface area (Å²) in [5.74, 6) is 0. The first kappa shape index (κ1) is 33.2. The normalized spacial score (nSPS) is 21.9. The second kappa shape index (κ2) is 13.0. The van der Waals surface area contributed by atoms with Crippen molar-refractivity contribution in [3.05, 3.63) is 174 Å². The Labute approximate surface area is 303 Å². The van der Waals surface area contributed by atoms with Gasteiger partial charge in [0.15, 0.2) is 12.3 Å². The zero-order valence-electron chi connectivity index (χ0n) is 30.6. The molecule has 1 fully saturated rings. The van der Waals surface area contributed by atoms with Gasteiger partial charge in [-0.25, -0.2) is 10.6 Å². The Bertz CT molecular complexity index is 2280. The van der Waals surface area contributed by atoms with E-state index >= 15 is 0 Å². The van der Waals surface area contributed by atoms with E-state index in [0.29, 0.717) is 4.48 Å². The highest BCUT2D eigenvalue weighted by atomic mass is 15.5. The minimum absolute atomic E-state index is 0.0229. The van der Waals surface area contributed by atoms with Gasteiger partial charge in [0.25, 0.3) is 0 Å². The van der Waals surface area contributed by atoms with E-state index < -0.39 is 0 Å². The highest BCUT2D eigenvalue weighted by molar-refractivity contribution is 6.13. The van der Waals surface area contributed by atoms with Crippen molar-refractivity contribution in [3.63, 3.8) is 0 Å². The van der Waals surface area contributed by atoms with Crippen LogP contribution in [0.3, 0.4) is 0 Å². The maximum absolute atomic E-state index is 4.11. The van der Waals surface area contributed by atoms with E-state index in [9.17, 15) is 0 Å². The number of nitrogens with one attached hydrogen (secondary N) is 3. The predicted octanol–water partition coefficient (Wildman–Crippen LogP) is 10.6. The van der Waals surface area contributed by atoms with Crippen molar-refractivity contribution in [3.8, 4) is 11.1 Å². The van der Waals surface area contributed by atoms with Crippen molar-refractivity contribution in [1.82, 2.24) is 16.0 Å². The highest BCUT2D eigenvalue weighted by Gasteiger charge is 2.45. The summed E-state index contributed by atoms with van der Waals surface area (Å²) in [5, 5.41) is 17.1. The smallest absolute Gasteiger partial charge is 0.171 e. The van der Waals surface area contributed by atoms with Crippen LogP contribution in [0.15, 0.2) is 151 Å². The molecule has 51 heavy (non-hydrogen) atoms. The fourth-order valence-corrected chi connectivity index (χ4v) is 8.28. The highest BCUT2D eigenvalue weighted by Crippen LogP contribution is 2.44. The lowest BCUT2D eigenvalue weighted by atomic mass is 9.82. The van der Waals surface area contributed by atoms with Gasteiger partial charge in [0.1, 0.15) is 0 Å². The van der Waals surface area contributed by atoms with Crippen molar-refractivity contribution >= 4 is 27.1 Å². The van der Waals surface area contributed by atoms with Gasteiger partial charge >= 0.3 is 0 Å². The fraction of sp³-hybridized carbons (Fsp3) is 0.234. The van der Waals surface area contributed by atoms with Crippen LogP contribution in [0.1, 0.15) is 68.4 Å². The molecule has 0 aliphatic carbocycles. The SMILES string of the molecule is CC1C=CC(c2cc(-c3cc4ccccc4c4ccccc34)cc(C3NC(c4ccccc4)NC(c4ccccc4)[N+]3(C)C)c2)=C(C(C)(C)C)N1. The summed E-state index contributed by atoms with van der Waals surface area (Å²) < 4.78 is 0.686. The van der Waals surface area contributed by atoms with E-state index in [1.807, 2.05) is 0 Å². The van der Waals surface area contributed by atoms with Crippen LogP contribution in [0.2, 0.25) is 0 Å². The molecule has 4 unspecified atom stereocenters. The first-order valence-corrected chi connectivity index (χ1v) is 18.3. The standard InChI is InChI=1S/C47H49N4/c1-31-25-26-39(43(48-31)47(2,3)4)35-27-36(42-30-34-21-13-14-22-38(34)40-23-15-16-24-41(40)42)29-37(28-35)46-50-44(32-17-9-7-10-18-32)49-45(51(46,5)6)33-19-11-8-12-20-33/h7-31,44-46,48-50H,1-6H3/q+1. The topological polar surface area (TPSA) is 36.1 Å². The molecule has 0 aromatic heterocycles. The molecule has 0 amide bonds. The summed E-state index contributed by atoms with van der Waals surface area (Å²) in [5.41, 5.74) is 9.96. The van der Waals surface area contributed by atoms with Gasteiger partial charge in [-0.1, -0.05) is 142 Å². The zero-order valence-corrected chi connectivity index (χ0v) is 30.6. The largest absolute Gasteiger partial charge is 0.381 e. The number of dihydropyridines is 1. The van der Waals surface area contributed by atoms with Crippen LogP contribution in [-0.2, 0) is 0 Å². The Kier molecular flexibility index (Phi) is 8.42. The van der Waals surface area contributed by atoms with Crippen LogP contribution < -0.4 is 16.0 Å². The summed E-state index contributed by atoms with van der Waals surface area (Å²) in [6, 6.07) is 49.4. The molecule has 1 saturated heterocycles. The minimum Gasteiger partial charge on any atom is -0.381 e. The molecule has 256 valence electrons. The molecule has 6 aromatic carbocycles. The summed E-state index contributed by atoms with van der Waals surface area (Å²) in [4.78, 5) is 0. The van der Waals surface area contributed by atoms with E-state index in [0.717, 1.165) is 0 Å². The maximum Gasteiger partial charge on any atom is 0.171 e. The molecule has 4 nitrogen and oxygen atoms in total. The molecule has 3 N–H and O–H groups in total. The van der Waals surface area contributed by atoms with E-state index in [4.69, 9.17) is 0 Å². The molecule has 0 bridgehead atoms. The average Bonchev–Trinajstić information content (AvgIpc) is 3.14. The summed E-state index contributed by atoms with van der Waals surface area (Å²) in [6.07, 6.45) is 4.63. The molecule has 2 aliphatic heterocycles. The molecule has 8 rings (SSSR count). The second-order valence-corrected chi connectivity index (χ2v) is 15.9. The van der Waals surface area contributed by atoms with Gasteiger partial charge in [-0.15, -0.1) is 0 Å². The zero-order chi connectivity index (χ0) is 35.3. The van der Waals surface area contributed by atoms with Crippen molar-refractivity contribution in [1.29, 1.82) is 0 Å². The molecule has 0 spiro atoms. The molecule has 4 heteroatoms. The maximum atomic E-state index is 4.11. The van der Waals surface area contributed by atoms with Gasteiger partial charge in [-0.2, -0.15) is 0 Å². The number of hydrogen-bond donors (Lipinski definition) is 3. The van der Waals surface area contributed by atoms with Crippen LogP contribution in [0, 0.1) is 5.41 Å². The molecule has 0 radical (unpaired) electrons. The van der Waals surface area contributed by atoms with E-state index in [-0.39, 0.29) is 30.0 Å². The lowest BCUT2D eigenvalue weighted by molar-refractivity contribution is -0.964. The summed E-state index contributed by atoms with van der Waals surface area (Å²) in [7, 11) is 4.70. The number of rotatable bonds is 5. The Morgan fingerprint density at radius 2 is 1.14 bits per heavy atom. The molecule has 6 aromatic rings. The van der Waals surface area contributed by atoms with Gasteiger partial charge in [-0.3, -0.25) is 4.48 Å². The van der Waals surface area contributed by atoms with Gasteiger partial charge in [0.2, 0.25) is 0 Å². The first-order valence-electron chi connectivity index (χ1n) is 18.3.